The number of hydrogen-bond donors (Lipinski definition) is 0. The average Bonchev–Trinajstić information content (AvgIpc) is 2.88. The van der Waals surface area contributed by atoms with Crippen molar-refractivity contribution in [3.8, 4) is 5.19 Å². The average molecular weight is 310 g/mol. The van der Waals surface area contributed by atoms with Crippen LogP contribution in [0.2, 0.25) is 0 Å². The Morgan fingerprint density at radius 2 is 1.94 bits per heavy atom. The van der Waals surface area contributed by atoms with Crippen molar-refractivity contribution in [2.45, 2.75) is 22.7 Å². The minimum atomic E-state index is 0.321. The SMILES string of the molecule is CSC(CCCCOc1nccs1)(SC)SC. The number of thiazole rings is 1. The van der Waals surface area contributed by atoms with Gasteiger partial charge in [0.2, 0.25) is 0 Å². The molecule has 0 spiro atoms. The summed E-state index contributed by atoms with van der Waals surface area (Å²) in [5.74, 6) is 0. The van der Waals surface area contributed by atoms with E-state index in [1.807, 2.05) is 40.7 Å². The van der Waals surface area contributed by atoms with Gasteiger partial charge in [-0.1, -0.05) is 11.3 Å². The molecule has 0 N–H and O–H groups in total. The molecule has 6 heteroatoms. The molecule has 98 valence electrons. The summed E-state index contributed by atoms with van der Waals surface area (Å²) in [6, 6.07) is 0. The van der Waals surface area contributed by atoms with Crippen LogP contribution in [-0.4, -0.2) is 33.8 Å². The fourth-order valence-electron chi connectivity index (χ4n) is 1.44. The maximum Gasteiger partial charge on any atom is 0.273 e. The van der Waals surface area contributed by atoms with Gasteiger partial charge >= 0.3 is 0 Å². The molecule has 0 aromatic carbocycles. The van der Waals surface area contributed by atoms with Crippen LogP contribution in [0, 0.1) is 0 Å². The van der Waals surface area contributed by atoms with Crippen molar-refractivity contribution in [3.05, 3.63) is 11.6 Å². The Labute approximate surface area is 121 Å². The lowest BCUT2D eigenvalue weighted by Crippen LogP contribution is -2.14. The summed E-state index contributed by atoms with van der Waals surface area (Å²) in [5.41, 5.74) is 0. The lowest BCUT2D eigenvalue weighted by molar-refractivity contribution is 0.304. The third-order valence-electron chi connectivity index (χ3n) is 2.45. The Balaban J connectivity index is 2.14. The molecule has 0 aliphatic heterocycles. The van der Waals surface area contributed by atoms with E-state index < -0.39 is 0 Å². The normalized spacial score (nSPS) is 11.7. The summed E-state index contributed by atoms with van der Waals surface area (Å²) < 4.78 is 5.87. The Morgan fingerprint density at radius 1 is 1.24 bits per heavy atom. The van der Waals surface area contributed by atoms with Gasteiger partial charge in [-0.3, -0.25) is 0 Å². The molecule has 0 fully saturated rings. The van der Waals surface area contributed by atoms with E-state index in [2.05, 4.69) is 23.8 Å². The van der Waals surface area contributed by atoms with Crippen molar-refractivity contribution in [2.24, 2.45) is 0 Å². The monoisotopic (exact) mass is 309 g/mol. The van der Waals surface area contributed by atoms with E-state index in [4.69, 9.17) is 4.74 Å². The molecule has 0 aliphatic carbocycles. The van der Waals surface area contributed by atoms with E-state index in [0.29, 0.717) is 3.41 Å². The highest BCUT2D eigenvalue weighted by Crippen LogP contribution is 2.46. The van der Waals surface area contributed by atoms with Crippen molar-refractivity contribution < 1.29 is 4.74 Å². The van der Waals surface area contributed by atoms with Crippen LogP contribution in [0.3, 0.4) is 0 Å². The second kappa shape index (κ2) is 8.56. The lowest BCUT2D eigenvalue weighted by Gasteiger charge is -2.27. The number of hydrogen-bond acceptors (Lipinski definition) is 6. The molecule has 2 nitrogen and oxygen atoms in total. The number of rotatable bonds is 9. The van der Waals surface area contributed by atoms with Crippen LogP contribution in [-0.2, 0) is 0 Å². The quantitative estimate of drug-likeness (QED) is 0.495. The first-order valence-electron chi connectivity index (χ1n) is 5.44. The van der Waals surface area contributed by atoms with E-state index in [9.17, 15) is 0 Å². The van der Waals surface area contributed by atoms with E-state index in [1.165, 1.54) is 12.8 Å². The van der Waals surface area contributed by atoms with Crippen LogP contribution in [0.1, 0.15) is 19.3 Å². The number of aromatic nitrogens is 1. The summed E-state index contributed by atoms with van der Waals surface area (Å²) in [7, 11) is 0. The predicted octanol–water partition coefficient (Wildman–Crippen LogP) is 4.44. The van der Waals surface area contributed by atoms with Gasteiger partial charge in [-0.2, -0.15) is 0 Å². The van der Waals surface area contributed by atoms with Gasteiger partial charge in [-0.05, 0) is 38.0 Å². The first-order valence-corrected chi connectivity index (χ1v) is 9.99. The fourth-order valence-corrected chi connectivity index (χ4v) is 5.00. The van der Waals surface area contributed by atoms with Gasteiger partial charge in [0, 0.05) is 11.6 Å². The molecule has 17 heavy (non-hydrogen) atoms. The Kier molecular flexibility index (Phi) is 7.82. The molecule has 1 rings (SSSR count). The van der Waals surface area contributed by atoms with E-state index in [0.717, 1.165) is 18.2 Å². The predicted molar refractivity (Wildman–Crippen MR) is 84.7 cm³/mol. The van der Waals surface area contributed by atoms with Crippen LogP contribution < -0.4 is 4.74 Å². The minimum absolute atomic E-state index is 0.321. The Morgan fingerprint density at radius 3 is 2.47 bits per heavy atom. The molecule has 0 aliphatic rings. The zero-order chi connectivity index (χ0) is 12.6. The first kappa shape index (κ1) is 15.5. The van der Waals surface area contributed by atoms with E-state index in [1.54, 1.807) is 17.5 Å². The highest BCUT2D eigenvalue weighted by Gasteiger charge is 2.25. The summed E-state index contributed by atoms with van der Waals surface area (Å²) in [6.07, 6.45) is 11.9. The van der Waals surface area contributed by atoms with Crippen molar-refractivity contribution >= 4 is 46.6 Å². The molecular formula is C11H19NOS4. The second-order valence-electron chi connectivity index (χ2n) is 3.40. The summed E-state index contributed by atoms with van der Waals surface area (Å²) in [4.78, 5) is 4.10. The molecule has 1 aromatic heterocycles. The van der Waals surface area contributed by atoms with E-state index >= 15 is 0 Å². The molecule has 1 heterocycles. The topological polar surface area (TPSA) is 22.1 Å². The van der Waals surface area contributed by atoms with Crippen LogP contribution in [0.25, 0.3) is 0 Å². The van der Waals surface area contributed by atoms with Gasteiger partial charge in [-0.15, -0.1) is 35.3 Å². The van der Waals surface area contributed by atoms with Crippen LogP contribution >= 0.6 is 46.6 Å². The number of thioether (sulfide) groups is 3. The zero-order valence-corrected chi connectivity index (χ0v) is 13.7. The third-order valence-corrected chi connectivity index (χ3v) is 8.61. The molecule has 0 atom stereocenters. The van der Waals surface area contributed by atoms with E-state index in [-0.39, 0.29) is 0 Å². The molecule has 0 saturated carbocycles. The second-order valence-corrected chi connectivity index (χ2v) is 8.35. The smallest absolute Gasteiger partial charge is 0.273 e. The summed E-state index contributed by atoms with van der Waals surface area (Å²) in [6.45, 7) is 0.779. The van der Waals surface area contributed by atoms with Crippen molar-refractivity contribution in [3.63, 3.8) is 0 Å². The van der Waals surface area contributed by atoms with Crippen LogP contribution in [0.4, 0.5) is 0 Å². The number of ether oxygens (including phenoxy) is 1. The molecule has 0 bridgehead atoms. The highest BCUT2D eigenvalue weighted by atomic mass is 32.3. The number of nitrogens with zero attached hydrogens (tertiary/aromatic N) is 1. The fraction of sp³-hybridized carbons (Fsp3) is 0.727. The maximum atomic E-state index is 5.55. The Hall–Kier alpha value is 0.480. The van der Waals surface area contributed by atoms with Gasteiger partial charge in [0.25, 0.3) is 5.19 Å². The molecule has 0 unspecified atom stereocenters. The molecular weight excluding hydrogens is 290 g/mol. The van der Waals surface area contributed by atoms with Gasteiger partial charge in [0.1, 0.15) is 3.41 Å². The standard InChI is InChI=1S/C11H19NOS4/c1-14-11(15-2,16-3)6-4-5-8-13-10-12-7-9-17-10/h7,9H,4-6,8H2,1-3H3. The molecule has 0 amide bonds. The zero-order valence-electron chi connectivity index (χ0n) is 10.5. The highest BCUT2D eigenvalue weighted by molar-refractivity contribution is 8.33. The van der Waals surface area contributed by atoms with Gasteiger partial charge < -0.3 is 4.74 Å². The summed E-state index contributed by atoms with van der Waals surface area (Å²) >= 11 is 7.40. The lowest BCUT2D eigenvalue weighted by atomic mass is 10.2. The summed E-state index contributed by atoms with van der Waals surface area (Å²) in [5, 5.41) is 2.73. The molecule has 0 saturated heterocycles. The first-order chi connectivity index (χ1) is 8.26. The largest absolute Gasteiger partial charge is 0.470 e. The molecule has 1 aromatic rings. The van der Waals surface area contributed by atoms with Gasteiger partial charge in [0.15, 0.2) is 0 Å². The molecule has 0 radical (unpaired) electrons. The maximum absolute atomic E-state index is 5.55. The minimum Gasteiger partial charge on any atom is -0.470 e. The van der Waals surface area contributed by atoms with Crippen molar-refractivity contribution in [2.75, 3.05) is 25.4 Å². The van der Waals surface area contributed by atoms with Crippen molar-refractivity contribution in [1.29, 1.82) is 0 Å². The number of unbranched alkanes of at least 4 members (excludes halogenated alkanes) is 1. The van der Waals surface area contributed by atoms with Crippen LogP contribution in [0.5, 0.6) is 5.19 Å². The Bertz CT molecular complexity index is 279. The van der Waals surface area contributed by atoms with Gasteiger partial charge in [0.05, 0.1) is 6.61 Å². The van der Waals surface area contributed by atoms with Crippen molar-refractivity contribution in [1.82, 2.24) is 4.98 Å². The van der Waals surface area contributed by atoms with Crippen LogP contribution in [0.15, 0.2) is 11.6 Å². The third kappa shape index (κ3) is 5.32. The van der Waals surface area contributed by atoms with Gasteiger partial charge in [-0.25, -0.2) is 4.98 Å².